The van der Waals surface area contributed by atoms with E-state index < -0.39 is 0 Å². The van der Waals surface area contributed by atoms with Gasteiger partial charge in [-0.3, -0.25) is 9.36 Å². The average Bonchev–Trinajstić information content (AvgIpc) is 3.02. The Morgan fingerprint density at radius 2 is 2.00 bits per heavy atom. The van der Waals surface area contributed by atoms with Gasteiger partial charge in [-0.15, -0.1) is 0 Å². The number of hydrogen-bond donors (Lipinski definition) is 1. The summed E-state index contributed by atoms with van der Waals surface area (Å²) >= 11 is 0. The van der Waals surface area contributed by atoms with Crippen LogP contribution in [-0.4, -0.2) is 29.1 Å². The number of nitrogens with one attached hydrogen (secondary N) is 1. The zero-order valence-electron chi connectivity index (χ0n) is 13.2. The molecule has 0 atom stereocenters. The van der Waals surface area contributed by atoms with Crippen molar-refractivity contribution >= 4 is 16.9 Å². The fourth-order valence-corrected chi connectivity index (χ4v) is 2.44. The number of nitrogens with zero attached hydrogens (tertiary/aromatic N) is 2. The first-order valence-electron chi connectivity index (χ1n) is 7.62. The fraction of sp³-hybridized carbons (Fsp3) is 0.222. The lowest BCUT2D eigenvalue weighted by atomic mass is 10.2. The van der Waals surface area contributed by atoms with E-state index in [2.05, 4.69) is 10.3 Å². The summed E-state index contributed by atoms with van der Waals surface area (Å²) in [5.41, 5.74) is 3.38. The van der Waals surface area contributed by atoms with E-state index in [-0.39, 0.29) is 5.91 Å². The van der Waals surface area contributed by atoms with Crippen molar-refractivity contribution in [2.24, 2.45) is 0 Å². The van der Waals surface area contributed by atoms with Gasteiger partial charge >= 0.3 is 0 Å². The zero-order chi connectivity index (χ0) is 16.2. The Bertz CT molecular complexity index is 822. The molecular weight excluding hydrogens is 290 g/mol. The van der Waals surface area contributed by atoms with Gasteiger partial charge in [0.25, 0.3) is 5.91 Å². The molecule has 0 aliphatic carbocycles. The van der Waals surface area contributed by atoms with Gasteiger partial charge in [-0.05, 0) is 48.9 Å². The van der Waals surface area contributed by atoms with Crippen LogP contribution in [0.3, 0.4) is 0 Å². The van der Waals surface area contributed by atoms with Gasteiger partial charge in [0.05, 0.1) is 18.1 Å². The number of fused-ring (bicyclic) bond motifs is 1. The third-order valence-electron chi connectivity index (χ3n) is 3.70. The van der Waals surface area contributed by atoms with Gasteiger partial charge in [0.2, 0.25) is 0 Å². The first-order valence-corrected chi connectivity index (χ1v) is 7.62. The van der Waals surface area contributed by atoms with Crippen molar-refractivity contribution in [3.8, 4) is 11.4 Å². The zero-order valence-corrected chi connectivity index (χ0v) is 13.2. The van der Waals surface area contributed by atoms with E-state index in [4.69, 9.17) is 4.74 Å². The van der Waals surface area contributed by atoms with E-state index in [1.807, 2.05) is 54.0 Å². The standard InChI is InChI=1S/C18H19N3O2/c1-3-10-19-18(22)13-4-9-17-16(11-13)20-12-21(17)14-5-7-15(23-2)8-6-14/h4-9,11-12H,3,10H2,1-2H3,(H,19,22). The van der Waals surface area contributed by atoms with Crippen molar-refractivity contribution < 1.29 is 9.53 Å². The molecule has 0 aliphatic heterocycles. The summed E-state index contributed by atoms with van der Waals surface area (Å²) in [5, 5.41) is 2.88. The van der Waals surface area contributed by atoms with Crippen molar-refractivity contribution in [1.82, 2.24) is 14.9 Å². The quantitative estimate of drug-likeness (QED) is 0.787. The van der Waals surface area contributed by atoms with E-state index in [9.17, 15) is 4.79 Å². The van der Waals surface area contributed by atoms with Gasteiger partial charge < -0.3 is 10.1 Å². The van der Waals surface area contributed by atoms with Crippen molar-refractivity contribution in [2.45, 2.75) is 13.3 Å². The van der Waals surface area contributed by atoms with E-state index in [1.165, 1.54) is 0 Å². The summed E-state index contributed by atoms with van der Waals surface area (Å²) in [6.45, 7) is 2.71. The number of imidazole rings is 1. The van der Waals surface area contributed by atoms with Crippen LogP contribution >= 0.6 is 0 Å². The van der Waals surface area contributed by atoms with Gasteiger partial charge in [0.1, 0.15) is 12.1 Å². The van der Waals surface area contributed by atoms with Gasteiger partial charge in [0, 0.05) is 17.8 Å². The maximum Gasteiger partial charge on any atom is 0.251 e. The van der Waals surface area contributed by atoms with Gasteiger partial charge in [-0.2, -0.15) is 0 Å². The Morgan fingerprint density at radius 1 is 1.22 bits per heavy atom. The monoisotopic (exact) mass is 309 g/mol. The number of rotatable bonds is 5. The van der Waals surface area contributed by atoms with E-state index in [0.717, 1.165) is 28.9 Å². The molecule has 3 rings (SSSR count). The first kappa shape index (κ1) is 15.1. The second kappa shape index (κ2) is 6.52. The highest BCUT2D eigenvalue weighted by Crippen LogP contribution is 2.21. The number of carbonyl (C=O) groups is 1. The number of amides is 1. The highest BCUT2D eigenvalue weighted by Gasteiger charge is 2.09. The third kappa shape index (κ3) is 3.04. The highest BCUT2D eigenvalue weighted by atomic mass is 16.5. The van der Waals surface area contributed by atoms with Crippen LogP contribution < -0.4 is 10.1 Å². The van der Waals surface area contributed by atoms with Crippen LogP contribution in [0.2, 0.25) is 0 Å². The van der Waals surface area contributed by atoms with Crippen molar-refractivity contribution in [2.75, 3.05) is 13.7 Å². The minimum atomic E-state index is -0.0623. The van der Waals surface area contributed by atoms with Crippen molar-refractivity contribution in [1.29, 1.82) is 0 Å². The van der Waals surface area contributed by atoms with Crippen LogP contribution in [0, 0.1) is 0 Å². The Labute approximate surface area is 134 Å². The second-order valence-corrected chi connectivity index (χ2v) is 5.27. The van der Waals surface area contributed by atoms with Gasteiger partial charge in [-0.25, -0.2) is 4.98 Å². The molecule has 3 aromatic rings. The Balaban J connectivity index is 1.93. The molecule has 1 amide bonds. The molecule has 0 unspecified atom stereocenters. The molecule has 2 aromatic carbocycles. The van der Waals surface area contributed by atoms with Gasteiger partial charge in [0.15, 0.2) is 0 Å². The largest absolute Gasteiger partial charge is 0.497 e. The third-order valence-corrected chi connectivity index (χ3v) is 3.70. The number of methoxy groups -OCH3 is 1. The minimum Gasteiger partial charge on any atom is -0.497 e. The lowest BCUT2D eigenvalue weighted by Crippen LogP contribution is -2.23. The Hall–Kier alpha value is -2.82. The van der Waals surface area contributed by atoms with Crippen LogP contribution in [-0.2, 0) is 0 Å². The van der Waals surface area contributed by atoms with Gasteiger partial charge in [-0.1, -0.05) is 6.92 Å². The topological polar surface area (TPSA) is 56.2 Å². The number of ether oxygens (including phenoxy) is 1. The molecule has 1 aromatic heterocycles. The van der Waals surface area contributed by atoms with E-state index in [0.29, 0.717) is 12.1 Å². The maximum atomic E-state index is 12.0. The molecule has 0 aliphatic rings. The molecule has 23 heavy (non-hydrogen) atoms. The molecule has 0 spiro atoms. The summed E-state index contributed by atoms with van der Waals surface area (Å²) in [6.07, 6.45) is 2.68. The molecule has 118 valence electrons. The summed E-state index contributed by atoms with van der Waals surface area (Å²) in [4.78, 5) is 16.4. The van der Waals surface area contributed by atoms with E-state index >= 15 is 0 Å². The van der Waals surface area contributed by atoms with Crippen molar-refractivity contribution in [3.63, 3.8) is 0 Å². The Morgan fingerprint density at radius 3 is 2.70 bits per heavy atom. The molecule has 0 radical (unpaired) electrons. The Kier molecular flexibility index (Phi) is 4.28. The predicted molar refractivity (Wildman–Crippen MR) is 90.2 cm³/mol. The predicted octanol–water partition coefficient (Wildman–Crippen LogP) is 3.17. The number of aromatic nitrogens is 2. The van der Waals surface area contributed by atoms with Crippen molar-refractivity contribution in [3.05, 3.63) is 54.4 Å². The summed E-state index contributed by atoms with van der Waals surface area (Å²) in [5.74, 6) is 0.751. The highest BCUT2D eigenvalue weighted by molar-refractivity contribution is 5.97. The molecule has 0 fully saturated rings. The number of hydrogen-bond acceptors (Lipinski definition) is 3. The van der Waals surface area contributed by atoms with Crippen LogP contribution in [0.4, 0.5) is 0 Å². The van der Waals surface area contributed by atoms with Crippen LogP contribution in [0.25, 0.3) is 16.7 Å². The summed E-state index contributed by atoms with van der Waals surface area (Å²) in [6, 6.07) is 13.3. The van der Waals surface area contributed by atoms with Crippen LogP contribution in [0.5, 0.6) is 5.75 Å². The SMILES string of the molecule is CCCNC(=O)c1ccc2c(c1)ncn2-c1ccc(OC)cc1. The molecule has 1 heterocycles. The molecule has 5 heteroatoms. The lowest BCUT2D eigenvalue weighted by Gasteiger charge is -2.07. The molecule has 0 saturated heterocycles. The average molecular weight is 309 g/mol. The minimum absolute atomic E-state index is 0.0623. The molecule has 0 bridgehead atoms. The molecular formula is C18H19N3O2. The van der Waals surface area contributed by atoms with E-state index in [1.54, 1.807) is 13.4 Å². The number of benzene rings is 2. The molecule has 1 N–H and O–H groups in total. The van der Waals surface area contributed by atoms with Crippen LogP contribution in [0.15, 0.2) is 48.8 Å². The fourth-order valence-electron chi connectivity index (χ4n) is 2.44. The lowest BCUT2D eigenvalue weighted by molar-refractivity contribution is 0.0954. The summed E-state index contributed by atoms with van der Waals surface area (Å²) < 4.78 is 7.17. The molecule has 0 saturated carbocycles. The normalized spacial score (nSPS) is 10.7. The maximum absolute atomic E-state index is 12.0. The smallest absolute Gasteiger partial charge is 0.251 e. The number of carbonyl (C=O) groups excluding carboxylic acids is 1. The first-order chi connectivity index (χ1) is 11.2. The van der Waals surface area contributed by atoms with Crippen LogP contribution in [0.1, 0.15) is 23.7 Å². The molecule has 5 nitrogen and oxygen atoms in total. The summed E-state index contributed by atoms with van der Waals surface area (Å²) in [7, 11) is 1.65. The second-order valence-electron chi connectivity index (χ2n) is 5.27.